The Morgan fingerprint density at radius 3 is 2.35 bits per heavy atom. The van der Waals surface area contributed by atoms with Crippen LogP contribution in [0.3, 0.4) is 0 Å². The molecule has 8 heteroatoms. The number of carbonyl (C=O) groups excluding carboxylic acids is 1. The zero-order chi connectivity index (χ0) is 18.9. The number of carbonyl (C=O) groups is 1. The summed E-state index contributed by atoms with van der Waals surface area (Å²) in [6, 6.07) is 10.8. The van der Waals surface area contributed by atoms with Crippen molar-refractivity contribution in [1.29, 1.82) is 0 Å². The monoisotopic (exact) mass is 408 g/mol. The van der Waals surface area contributed by atoms with E-state index >= 15 is 0 Å². The molecule has 1 amide bonds. The molecule has 1 aliphatic heterocycles. The Bertz CT molecular complexity index is 1020. The van der Waals surface area contributed by atoms with Crippen molar-refractivity contribution in [2.75, 3.05) is 0 Å². The number of halogens is 2. The molecule has 0 spiro atoms. The van der Waals surface area contributed by atoms with Gasteiger partial charge in [0, 0.05) is 6.21 Å². The van der Waals surface area contributed by atoms with Gasteiger partial charge in [-0.1, -0.05) is 47.0 Å². The third-order valence-corrected chi connectivity index (χ3v) is 6.05. The summed E-state index contributed by atoms with van der Waals surface area (Å²) in [6.45, 7) is 1.84. The quantitative estimate of drug-likeness (QED) is 0.838. The van der Waals surface area contributed by atoms with Crippen molar-refractivity contribution < 1.29 is 13.2 Å². The van der Waals surface area contributed by atoms with Crippen molar-refractivity contribution in [3.05, 3.63) is 75.8 Å². The molecule has 0 aliphatic carbocycles. The summed E-state index contributed by atoms with van der Waals surface area (Å²) in [4.78, 5) is 17.1. The molecule has 0 saturated heterocycles. The second-order valence-electron chi connectivity index (χ2n) is 5.78. The highest BCUT2D eigenvalue weighted by molar-refractivity contribution is 7.90. The molecule has 0 radical (unpaired) electrons. The zero-order valence-electron chi connectivity index (χ0n) is 13.6. The predicted molar refractivity (Wildman–Crippen MR) is 102 cm³/mol. The predicted octanol–water partition coefficient (Wildman–Crippen LogP) is 3.64. The number of hydrogen-bond donors (Lipinski definition) is 1. The molecule has 0 aromatic heterocycles. The van der Waals surface area contributed by atoms with Crippen molar-refractivity contribution >= 4 is 45.3 Å². The molecule has 134 valence electrons. The number of hydrogen-bond acceptors (Lipinski definition) is 4. The standard InChI is InChI=1S/C18H14Cl2N2O3S/c1-12-3-6-14(7-4-12)26(24,25)22-17(23)18(9-2-10-21-18)13-5-8-15(19)16(20)11-13/h2-11H,1H3,(H,22,23). The second-order valence-corrected chi connectivity index (χ2v) is 8.28. The number of nitrogens with one attached hydrogen (secondary N) is 1. The topological polar surface area (TPSA) is 75.6 Å². The molecule has 0 saturated carbocycles. The number of aliphatic imine (C=N–C) groups is 1. The van der Waals surface area contributed by atoms with Gasteiger partial charge in [-0.05, 0) is 48.9 Å². The van der Waals surface area contributed by atoms with E-state index in [9.17, 15) is 13.2 Å². The van der Waals surface area contributed by atoms with E-state index in [0.717, 1.165) is 5.56 Å². The van der Waals surface area contributed by atoms with Crippen molar-refractivity contribution in [2.24, 2.45) is 4.99 Å². The SMILES string of the molecule is Cc1ccc(S(=O)(=O)NC(=O)C2(c3ccc(Cl)c(Cl)c3)C=CC=N2)cc1. The number of aryl methyl sites for hydroxylation is 1. The fourth-order valence-corrected chi connectivity index (χ4v) is 3.84. The highest BCUT2D eigenvalue weighted by Gasteiger charge is 2.41. The Kier molecular flexibility index (Phi) is 4.92. The van der Waals surface area contributed by atoms with Crippen LogP contribution in [0, 0.1) is 6.92 Å². The average Bonchev–Trinajstić information content (AvgIpc) is 3.08. The van der Waals surface area contributed by atoms with E-state index in [0.29, 0.717) is 10.6 Å². The summed E-state index contributed by atoms with van der Waals surface area (Å²) in [6.07, 6.45) is 4.51. The molecule has 1 atom stereocenters. The Hall–Kier alpha value is -2.15. The van der Waals surface area contributed by atoms with Crippen molar-refractivity contribution in [3.63, 3.8) is 0 Å². The van der Waals surface area contributed by atoms with Crippen LogP contribution < -0.4 is 4.72 Å². The third kappa shape index (κ3) is 3.40. The van der Waals surface area contributed by atoms with Crippen LogP contribution in [0.5, 0.6) is 0 Å². The van der Waals surface area contributed by atoms with Crippen LogP contribution in [0.4, 0.5) is 0 Å². The largest absolute Gasteiger partial charge is 0.270 e. The van der Waals surface area contributed by atoms with Crippen LogP contribution in [0.2, 0.25) is 10.0 Å². The van der Waals surface area contributed by atoms with Gasteiger partial charge in [-0.2, -0.15) is 0 Å². The Labute approximate surface area is 161 Å². The van der Waals surface area contributed by atoms with Crippen LogP contribution in [0.15, 0.2) is 64.5 Å². The van der Waals surface area contributed by atoms with Gasteiger partial charge in [0.25, 0.3) is 15.9 Å². The van der Waals surface area contributed by atoms with Gasteiger partial charge in [0.1, 0.15) is 0 Å². The van der Waals surface area contributed by atoms with Crippen LogP contribution in [-0.2, 0) is 20.4 Å². The third-order valence-electron chi connectivity index (χ3n) is 3.97. The van der Waals surface area contributed by atoms with Gasteiger partial charge < -0.3 is 0 Å². The molecule has 1 heterocycles. The lowest BCUT2D eigenvalue weighted by Crippen LogP contribution is -2.43. The molecule has 2 aromatic carbocycles. The summed E-state index contributed by atoms with van der Waals surface area (Å²) in [7, 11) is -4.04. The molecule has 26 heavy (non-hydrogen) atoms. The first kappa shape index (κ1) is 18.6. The number of sulfonamides is 1. The van der Waals surface area contributed by atoms with Crippen molar-refractivity contribution in [3.8, 4) is 0 Å². The number of benzene rings is 2. The van der Waals surface area contributed by atoms with Gasteiger partial charge in [-0.15, -0.1) is 0 Å². The maximum Gasteiger partial charge on any atom is 0.270 e. The molecule has 1 unspecified atom stereocenters. The number of amides is 1. The van der Waals surface area contributed by atoms with Gasteiger partial charge in [-0.3, -0.25) is 9.79 Å². The van der Waals surface area contributed by atoms with E-state index in [1.54, 1.807) is 24.3 Å². The maximum absolute atomic E-state index is 12.9. The lowest BCUT2D eigenvalue weighted by atomic mass is 9.90. The average molecular weight is 409 g/mol. The highest BCUT2D eigenvalue weighted by atomic mass is 35.5. The lowest BCUT2D eigenvalue weighted by molar-refractivity contribution is -0.123. The van der Waals surface area contributed by atoms with E-state index in [1.165, 1.54) is 36.6 Å². The Morgan fingerprint density at radius 2 is 1.77 bits per heavy atom. The van der Waals surface area contributed by atoms with E-state index in [-0.39, 0.29) is 9.92 Å². The number of nitrogens with zero attached hydrogens (tertiary/aromatic N) is 1. The Balaban J connectivity index is 1.98. The highest BCUT2D eigenvalue weighted by Crippen LogP contribution is 2.35. The van der Waals surface area contributed by atoms with Gasteiger partial charge in [0.05, 0.1) is 14.9 Å². The van der Waals surface area contributed by atoms with Crippen LogP contribution in [-0.4, -0.2) is 20.5 Å². The lowest BCUT2D eigenvalue weighted by Gasteiger charge is -2.24. The van der Waals surface area contributed by atoms with Gasteiger partial charge in [-0.25, -0.2) is 13.1 Å². The first-order chi connectivity index (χ1) is 12.2. The summed E-state index contributed by atoms with van der Waals surface area (Å²) >= 11 is 12.0. The molecule has 2 aromatic rings. The molecule has 1 aliphatic rings. The molecule has 1 N–H and O–H groups in total. The fourth-order valence-electron chi connectivity index (χ4n) is 2.53. The molecule has 0 fully saturated rings. The Morgan fingerprint density at radius 1 is 1.08 bits per heavy atom. The first-order valence-corrected chi connectivity index (χ1v) is 9.81. The smallest absolute Gasteiger partial charge is 0.270 e. The number of allylic oxidation sites excluding steroid dienone is 1. The minimum Gasteiger partial charge on any atom is -0.270 e. The maximum atomic E-state index is 12.9. The molecule has 5 nitrogen and oxygen atoms in total. The van der Waals surface area contributed by atoms with E-state index < -0.39 is 21.5 Å². The summed E-state index contributed by atoms with van der Waals surface area (Å²) in [5, 5.41) is 0.567. The summed E-state index contributed by atoms with van der Waals surface area (Å²) < 4.78 is 27.2. The van der Waals surface area contributed by atoms with E-state index in [2.05, 4.69) is 9.71 Å². The van der Waals surface area contributed by atoms with Crippen LogP contribution >= 0.6 is 23.2 Å². The molecular weight excluding hydrogens is 395 g/mol. The van der Waals surface area contributed by atoms with Gasteiger partial charge >= 0.3 is 0 Å². The summed E-state index contributed by atoms with van der Waals surface area (Å²) in [5.74, 6) is -0.804. The van der Waals surface area contributed by atoms with Gasteiger partial charge in [0.2, 0.25) is 0 Å². The molecular formula is C18H14Cl2N2O3S. The fraction of sp³-hybridized carbons (Fsp3) is 0.111. The van der Waals surface area contributed by atoms with Crippen molar-refractivity contribution in [1.82, 2.24) is 4.72 Å². The molecule has 0 bridgehead atoms. The van der Waals surface area contributed by atoms with E-state index in [4.69, 9.17) is 23.2 Å². The molecule has 3 rings (SSSR count). The normalized spacial score (nSPS) is 18.9. The minimum absolute atomic E-state index is 0.00769. The van der Waals surface area contributed by atoms with E-state index in [1.807, 2.05) is 6.92 Å². The first-order valence-electron chi connectivity index (χ1n) is 7.57. The van der Waals surface area contributed by atoms with Gasteiger partial charge in [0.15, 0.2) is 5.54 Å². The number of rotatable bonds is 4. The zero-order valence-corrected chi connectivity index (χ0v) is 15.9. The summed E-state index contributed by atoms with van der Waals surface area (Å²) in [5.41, 5.74) is -0.203. The van der Waals surface area contributed by atoms with Crippen LogP contribution in [0.25, 0.3) is 0 Å². The minimum atomic E-state index is -4.04. The second kappa shape index (κ2) is 6.87. The van der Waals surface area contributed by atoms with Crippen molar-refractivity contribution in [2.45, 2.75) is 17.4 Å². The van der Waals surface area contributed by atoms with Crippen LogP contribution in [0.1, 0.15) is 11.1 Å².